The molecular formula is C26H21FN2O5S. The largest absolute Gasteiger partial charge is 0.480 e. The first-order chi connectivity index (χ1) is 16.9. The smallest absolute Gasteiger partial charge is 0.411 e. The van der Waals surface area contributed by atoms with Gasteiger partial charge in [-0.05, 0) is 40.5 Å². The maximum Gasteiger partial charge on any atom is 0.411 e. The summed E-state index contributed by atoms with van der Waals surface area (Å²) in [5, 5.41) is 11.7. The van der Waals surface area contributed by atoms with E-state index in [0.29, 0.717) is 0 Å². The molecule has 9 heteroatoms. The number of amides is 2. The minimum absolute atomic E-state index is 0.00865. The first kappa shape index (κ1) is 22.9. The maximum atomic E-state index is 14.7. The summed E-state index contributed by atoms with van der Waals surface area (Å²) in [6.45, 7) is 0.0846. The van der Waals surface area contributed by atoms with E-state index in [-0.39, 0.29) is 35.4 Å². The van der Waals surface area contributed by atoms with Gasteiger partial charge in [0.05, 0.1) is 11.6 Å². The molecule has 35 heavy (non-hydrogen) atoms. The molecule has 0 bridgehead atoms. The number of nitrogens with zero attached hydrogens (tertiary/aromatic N) is 1. The normalized spacial score (nSPS) is 16.5. The van der Waals surface area contributed by atoms with Gasteiger partial charge in [-0.25, -0.2) is 14.0 Å². The number of benzene rings is 3. The van der Waals surface area contributed by atoms with E-state index in [9.17, 15) is 23.9 Å². The zero-order valence-corrected chi connectivity index (χ0v) is 19.3. The Morgan fingerprint density at radius 2 is 1.69 bits per heavy atom. The number of hydrogen-bond acceptors (Lipinski definition) is 5. The van der Waals surface area contributed by atoms with Crippen molar-refractivity contribution in [2.24, 2.45) is 0 Å². The zero-order chi connectivity index (χ0) is 24.5. The fraction of sp³-hybridized carbons (Fsp3) is 0.192. The van der Waals surface area contributed by atoms with Gasteiger partial charge in [0.25, 0.3) is 5.91 Å². The molecule has 1 atom stereocenters. The van der Waals surface area contributed by atoms with Crippen molar-refractivity contribution in [1.82, 2.24) is 4.90 Å². The maximum absolute atomic E-state index is 14.7. The number of hydrogen-bond donors (Lipinski definition) is 2. The minimum Gasteiger partial charge on any atom is -0.480 e. The fourth-order valence-electron chi connectivity index (χ4n) is 4.51. The van der Waals surface area contributed by atoms with Crippen LogP contribution in [0.15, 0.2) is 66.7 Å². The number of carboxylic acid groups (broad SMARTS) is 1. The van der Waals surface area contributed by atoms with Crippen LogP contribution in [-0.4, -0.2) is 52.3 Å². The highest BCUT2D eigenvalue weighted by Crippen LogP contribution is 2.44. The van der Waals surface area contributed by atoms with E-state index in [1.807, 2.05) is 48.5 Å². The van der Waals surface area contributed by atoms with Gasteiger partial charge in [-0.2, -0.15) is 0 Å². The highest BCUT2D eigenvalue weighted by atomic mass is 32.2. The van der Waals surface area contributed by atoms with Crippen molar-refractivity contribution >= 4 is 35.4 Å². The van der Waals surface area contributed by atoms with Crippen molar-refractivity contribution in [2.45, 2.75) is 12.0 Å². The number of aliphatic carboxylic acids is 1. The SMILES string of the molecule is O=C(Nc1ccc(C(=O)N2CSCC2C(=O)O)cc1F)OCC1c2ccccc2-c2ccccc21. The number of anilines is 1. The summed E-state index contributed by atoms with van der Waals surface area (Å²) in [4.78, 5) is 37.7. The Morgan fingerprint density at radius 1 is 1.03 bits per heavy atom. The van der Waals surface area contributed by atoms with Crippen LogP contribution in [0.4, 0.5) is 14.9 Å². The number of carbonyl (C=O) groups is 3. The van der Waals surface area contributed by atoms with Crippen LogP contribution in [0.25, 0.3) is 11.1 Å². The van der Waals surface area contributed by atoms with E-state index >= 15 is 0 Å². The van der Waals surface area contributed by atoms with Crippen LogP contribution in [0.2, 0.25) is 0 Å². The van der Waals surface area contributed by atoms with Crippen molar-refractivity contribution in [3.63, 3.8) is 0 Å². The summed E-state index contributed by atoms with van der Waals surface area (Å²) in [5.41, 5.74) is 4.21. The van der Waals surface area contributed by atoms with Crippen LogP contribution in [0.3, 0.4) is 0 Å². The molecule has 178 valence electrons. The molecule has 2 aliphatic rings. The molecule has 3 aromatic rings. The third kappa shape index (κ3) is 4.35. The molecule has 2 amide bonds. The predicted molar refractivity (Wildman–Crippen MR) is 130 cm³/mol. The molecule has 5 rings (SSSR count). The topological polar surface area (TPSA) is 95.9 Å². The monoisotopic (exact) mass is 492 g/mol. The molecule has 0 radical (unpaired) electrons. The summed E-state index contributed by atoms with van der Waals surface area (Å²) in [5.74, 6) is -2.12. The molecule has 1 fully saturated rings. The van der Waals surface area contributed by atoms with Crippen molar-refractivity contribution in [3.05, 3.63) is 89.2 Å². The number of carboxylic acids is 1. The van der Waals surface area contributed by atoms with Gasteiger partial charge >= 0.3 is 12.1 Å². The number of halogens is 1. The van der Waals surface area contributed by atoms with Crippen LogP contribution < -0.4 is 5.32 Å². The number of thioether (sulfide) groups is 1. The number of nitrogens with one attached hydrogen (secondary N) is 1. The fourth-order valence-corrected chi connectivity index (χ4v) is 5.65. The van der Waals surface area contributed by atoms with Crippen molar-refractivity contribution in [2.75, 3.05) is 23.6 Å². The van der Waals surface area contributed by atoms with Gasteiger partial charge in [-0.3, -0.25) is 10.1 Å². The Bertz CT molecular complexity index is 1290. The second-order valence-electron chi connectivity index (χ2n) is 8.27. The number of rotatable bonds is 5. The van der Waals surface area contributed by atoms with Gasteiger partial charge in [-0.15, -0.1) is 11.8 Å². The van der Waals surface area contributed by atoms with Gasteiger partial charge < -0.3 is 14.7 Å². The van der Waals surface area contributed by atoms with Crippen molar-refractivity contribution in [3.8, 4) is 11.1 Å². The van der Waals surface area contributed by atoms with E-state index in [4.69, 9.17) is 4.74 Å². The van der Waals surface area contributed by atoms with E-state index in [1.54, 1.807) is 0 Å². The van der Waals surface area contributed by atoms with E-state index < -0.39 is 29.8 Å². The molecule has 0 spiro atoms. The molecule has 0 saturated carbocycles. The first-order valence-electron chi connectivity index (χ1n) is 11.0. The molecule has 2 N–H and O–H groups in total. The average Bonchev–Trinajstić information content (AvgIpc) is 3.47. The predicted octanol–water partition coefficient (Wildman–Crippen LogP) is 4.79. The first-order valence-corrected chi connectivity index (χ1v) is 12.1. The lowest BCUT2D eigenvalue weighted by atomic mass is 9.98. The summed E-state index contributed by atoms with van der Waals surface area (Å²) in [6.07, 6.45) is -0.813. The Hall–Kier alpha value is -3.85. The highest BCUT2D eigenvalue weighted by Gasteiger charge is 2.35. The van der Waals surface area contributed by atoms with E-state index in [2.05, 4.69) is 5.32 Å². The standard InChI is InChI=1S/C26H21FN2O5S/c27-21-11-15(24(30)29-14-35-13-23(29)25(31)32)9-10-22(21)28-26(33)34-12-20-18-7-3-1-5-16(18)17-6-2-4-8-19(17)20/h1-11,20,23H,12-14H2,(H,28,33)(H,31,32). The number of carbonyl (C=O) groups excluding carboxylic acids is 2. The van der Waals surface area contributed by atoms with E-state index in [1.165, 1.54) is 28.8 Å². The zero-order valence-electron chi connectivity index (χ0n) is 18.4. The Labute approximate surface area is 204 Å². The van der Waals surface area contributed by atoms with E-state index in [0.717, 1.165) is 28.3 Å². The minimum atomic E-state index is -1.10. The van der Waals surface area contributed by atoms with Gasteiger partial charge in [0.1, 0.15) is 18.5 Å². The number of ether oxygens (including phenoxy) is 1. The Kier molecular flexibility index (Phi) is 6.17. The molecule has 1 aliphatic heterocycles. The molecule has 1 saturated heterocycles. The van der Waals surface area contributed by atoms with Crippen LogP contribution >= 0.6 is 11.8 Å². The quantitative estimate of drug-likeness (QED) is 0.532. The lowest BCUT2D eigenvalue weighted by Gasteiger charge is -2.20. The third-order valence-electron chi connectivity index (χ3n) is 6.22. The van der Waals surface area contributed by atoms with Gasteiger partial charge in [0.15, 0.2) is 0 Å². The molecule has 0 aromatic heterocycles. The van der Waals surface area contributed by atoms with Crippen molar-refractivity contribution < 1.29 is 28.6 Å². The lowest BCUT2D eigenvalue weighted by Crippen LogP contribution is -2.41. The summed E-state index contributed by atoms with van der Waals surface area (Å²) < 4.78 is 20.1. The summed E-state index contributed by atoms with van der Waals surface area (Å²) >= 11 is 1.32. The molecule has 3 aromatic carbocycles. The Balaban J connectivity index is 1.25. The molecule has 1 heterocycles. The third-order valence-corrected chi connectivity index (χ3v) is 7.24. The van der Waals surface area contributed by atoms with Gasteiger partial charge in [-0.1, -0.05) is 48.5 Å². The summed E-state index contributed by atoms with van der Waals surface area (Å²) in [6, 6.07) is 18.5. The average molecular weight is 493 g/mol. The van der Waals surface area contributed by atoms with Crippen molar-refractivity contribution in [1.29, 1.82) is 0 Å². The Morgan fingerprint density at radius 3 is 2.31 bits per heavy atom. The molecule has 1 unspecified atom stereocenters. The van der Waals surface area contributed by atoms with Crippen LogP contribution in [0, 0.1) is 5.82 Å². The molecule has 1 aliphatic carbocycles. The second-order valence-corrected chi connectivity index (χ2v) is 9.27. The second kappa shape index (κ2) is 9.42. The van der Waals surface area contributed by atoms with Crippen LogP contribution in [0.1, 0.15) is 27.4 Å². The van der Waals surface area contributed by atoms with Gasteiger partial charge in [0.2, 0.25) is 0 Å². The lowest BCUT2D eigenvalue weighted by molar-refractivity contribution is -0.140. The van der Waals surface area contributed by atoms with Crippen LogP contribution in [-0.2, 0) is 9.53 Å². The molecular weight excluding hydrogens is 471 g/mol. The summed E-state index contributed by atoms with van der Waals surface area (Å²) in [7, 11) is 0. The van der Waals surface area contributed by atoms with Crippen LogP contribution in [0.5, 0.6) is 0 Å². The molecule has 7 nitrogen and oxygen atoms in total. The van der Waals surface area contributed by atoms with Gasteiger partial charge in [0, 0.05) is 17.2 Å². The highest BCUT2D eigenvalue weighted by molar-refractivity contribution is 7.99. The number of fused-ring (bicyclic) bond motifs is 3.